The molecule has 0 radical (unpaired) electrons. The molecule has 0 bridgehead atoms. The van der Waals surface area contributed by atoms with Crippen LogP contribution in [0.15, 0.2) is 88.2 Å². The number of halogens is 1. The predicted molar refractivity (Wildman–Crippen MR) is 144 cm³/mol. The molecule has 34 heavy (non-hydrogen) atoms. The van der Waals surface area contributed by atoms with E-state index in [2.05, 4.69) is 52.4 Å². The topological polar surface area (TPSA) is 49.4 Å². The summed E-state index contributed by atoms with van der Waals surface area (Å²) in [6.45, 7) is 4.86. The molecule has 0 spiro atoms. The summed E-state index contributed by atoms with van der Waals surface area (Å²) in [5.74, 6) is 0.511. The van der Waals surface area contributed by atoms with E-state index in [9.17, 15) is 9.59 Å². The number of nitrogens with one attached hydrogen (secondary N) is 1. The molecule has 0 heterocycles. The normalized spacial score (nSPS) is 11.6. The Hall–Kier alpha value is -2.57. The van der Waals surface area contributed by atoms with Crippen molar-refractivity contribution in [3.63, 3.8) is 0 Å². The predicted octanol–water partition coefficient (Wildman–Crippen LogP) is 6.02. The molecule has 0 aromatic heterocycles. The average molecular weight is 540 g/mol. The molecule has 1 atom stereocenters. The molecule has 0 aliphatic carbocycles. The summed E-state index contributed by atoms with van der Waals surface area (Å²) in [6, 6.07) is 25.5. The molecule has 3 rings (SSSR count). The Kier molecular flexibility index (Phi) is 10.2. The highest BCUT2D eigenvalue weighted by atomic mass is 79.9. The number of rotatable bonds is 11. The molecule has 0 unspecified atom stereocenters. The van der Waals surface area contributed by atoms with Gasteiger partial charge in [0.25, 0.3) is 0 Å². The molecule has 3 aromatic rings. The number of aryl methyl sites for hydroxylation is 1. The second kappa shape index (κ2) is 13.4. The number of carbonyl (C=O) groups is 2. The van der Waals surface area contributed by atoms with Crippen molar-refractivity contribution in [2.75, 3.05) is 12.3 Å². The van der Waals surface area contributed by atoms with Gasteiger partial charge in [-0.15, -0.1) is 11.8 Å². The monoisotopic (exact) mass is 538 g/mol. The highest BCUT2D eigenvalue weighted by Gasteiger charge is 2.29. The largest absolute Gasteiger partial charge is 0.355 e. The Balaban J connectivity index is 1.81. The molecule has 3 aromatic carbocycles. The summed E-state index contributed by atoms with van der Waals surface area (Å²) in [5, 5.41) is 2.94. The lowest BCUT2D eigenvalue weighted by Crippen LogP contribution is -2.50. The van der Waals surface area contributed by atoms with Gasteiger partial charge >= 0.3 is 0 Å². The van der Waals surface area contributed by atoms with Crippen molar-refractivity contribution in [2.24, 2.45) is 0 Å². The zero-order valence-electron chi connectivity index (χ0n) is 19.7. The Labute approximate surface area is 215 Å². The summed E-state index contributed by atoms with van der Waals surface area (Å²) in [4.78, 5) is 29.6. The molecule has 0 aliphatic rings. The van der Waals surface area contributed by atoms with Gasteiger partial charge in [-0.2, -0.15) is 0 Å². The maximum Gasteiger partial charge on any atom is 0.243 e. The Morgan fingerprint density at radius 3 is 2.35 bits per heavy atom. The lowest BCUT2D eigenvalue weighted by molar-refractivity contribution is -0.140. The van der Waals surface area contributed by atoms with Gasteiger partial charge in [0.2, 0.25) is 11.8 Å². The third-order valence-electron chi connectivity index (χ3n) is 5.47. The van der Waals surface area contributed by atoms with Gasteiger partial charge in [0.1, 0.15) is 6.04 Å². The first-order chi connectivity index (χ1) is 16.5. The third-order valence-corrected chi connectivity index (χ3v) is 6.98. The van der Waals surface area contributed by atoms with Gasteiger partial charge < -0.3 is 10.2 Å². The van der Waals surface area contributed by atoms with Crippen molar-refractivity contribution in [3.05, 3.63) is 100 Å². The van der Waals surface area contributed by atoms with E-state index in [0.717, 1.165) is 20.5 Å². The number of hydrogen-bond donors (Lipinski definition) is 1. The van der Waals surface area contributed by atoms with Crippen LogP contribution in [-0.4, -0.2) is 35.1 Å². The van der Waals surface area contributed by atoms with Crippen molar-refractivity contribution >= 4 is 39.5 Å². The van der Waals surface area contributed by atoms with E-state index >= 15 is 0 Å². The minimum Gasteiger partial charge on any atom is -0.355 e. The van der Waals surface area contributed by atoms with E-state index in [1.807, 2.05) is 61.5 Å². The van der Waals surface area contributed by atoms with E-state index in [-0.39, 0.29) is 11.8 Å². The van der Waals surface area contributed by atoms with E-state index in [1.165, 1.54) is 5.56 Å². The van der Waals surface area contributed by atoms with Crippen LogP contribution in [0.3, 0.4) is 0 Å². The van der Waals surface area contributed by atoms with Crippen LogP contribution >= 0.6 is 27.7 Å². The molecule has 0 saturated carbocycles. The molecule has 4 nitrogen and oxygen atoms in total. The zero-order chi connectivity index (χ0) is 24.3. The second-order valence-electron chi connectivity index (χ2n) is 8.16. The van der Waals surface area contributed by atoms with Crippen LogP contribution < -0.4 is 5.32 Å². The van der Waals surface area contributed by atoms with E-state index < -0.39 is 6.04 Å². The van der Waals surface area contributed by atoms with Crippen LogP contribution in [0.5, 0.6) is 0 Å². The zero-order valence-corrected chi connectivity index (χ0v) is 22.1. The molecule has 0 fully saturated rings. The Bertz CT molecular complexity index is 1070. The standard InChI is InChI=1S/C28H31BrN2O2S/c1-3-30-28(33)26(19-22-8-5-4-6-9-22)31(20-23-10-7-11-24(29)18-23)27(32)16-17-34-25-14-12-21(2)13-15-25/h4-15,18,26H,3,16-17,19-20H2,1-2H3,(H,30,33)/t26-/m1/s1. The Morgan fingerprint density at radius 2 is 1.68 bits per heavy atom. The van der Waals surface area contributed by atoms with Crippen LogP contribution in [0, 0.1) is 6.92 Å². The number of nitrogens with zero attached hydrogens (tertiary/aromatic N) is 1. The molecule has 178 valence electrons. The highest BCUT2D eigenvalue weighted by molar-refractivity contribution is 9.10. The van der Waals surface area contributed by atoms with Crippen LogP contribution in [0.25, 0.3) is 0 Å². The van der Waals surface area contributed by atoms with Crippen LogP contribution in [0.2, 0.25) is 0 Å². The minimum absolute atomic E-state index is 0.0215. The van der Waals surface area contributed by atoms with Crippen molar-refractivity contribution in [1.82, 2.24) is 10.2 Å². The molecule has 0 aliphatic heterocycles. The first-order valence-electron chi connectivity index (χ1n) is 11.5. The lowest BCUT2D eigenvalue weighted by atomic mass is 10.0. The van der Waals surface area contributed by atoms with Gasteiger partial charge in [0.05, 0.1) is 0 Å². The highest BCUT2D eigenvalue weighted by Crippen LogP contribution is 2.22. The maximum atomic E-state index is 13.5. The average Bonchev–Trinajstić information content (AvgIpc) is 2.83. The molecule has 1 N–H and O–H groups in total. The third kappa shape index (κ3) is 8.03. The van der Waals surface area contributed by atoms with Gasteiger partial charge in [-0.1, -0.05) is 76.1 Å². The first kappa shape index (κ1) is 26.0. The number of amides is 2. The maximum absolute atomic E-state index is 13.5. The number of benzene rings is 3. The number of hydrogen-bond acceptors (Lipinski definition) is 3. The Morgan fingerprint density at radius 1 is 0.971 bits per heavy atom. The van der Waals surface area contributed by atoms with Gasteiger partial charge in [-0.3, -0.25) is 9.59 Å². The first-order valence-corrected chi connectivity index (χ1v) is 13.3. The number of likely N-dealkylation sites (N-methyl/N-ethyl adjacent to an activating group) is 1. The second-order valence-corrected chi connectivity index (χ2v) is 10.2. The van der Waals surface area contributed by atoms with E-state index in [4.69, 9.17) is 0 Å². The van der Waals surface area contributed by atoms with Gasteiger partial charge in [0.15, 0.2) is 0 Å². The molecule has 6 heteroatoms. The smallest absolute Gasteiger partial charge is 0.243 e. The molecular formula is C28H31BrN2O2S. The minimum atomic E-state index is -0.585. The van der Waals surface area contributed by atoms with Gasteiger partial charge in [-0.25, -0.2) is 0 Å². The fourth-order valence-corrected chi connectivity index (χ4v) is 5.00. The van der Waals surface area contributed by atoms with Crippen LogP contribution in [0.4, 0.5) is 0 Å². The van der Waals surface area contributed by atoms with E-state index in [1.54, 1.807) is 16.7 Å². The number of thioether (sulfide) groups is 1. The number of carbonyl (C=O) groups excluding carboxylic acids is 2. The fourth-order valence-electron chi connectivity index (χ4n) is 3.71. The van der Waals surface area contributed by atoms with Gasteiger partial charge in [0, 0.05) is 41.1 Å². The SMILES string of the molecule is CCNC(=O)[C@@H](Cc1ccccc1)N(Cc1cccc(Br)c1)C(=O)CCSc1ccc(C)cc1. The van der Waals surface area contributed by atoms with Crippen molar-refractivity contribution in [2.45, 2.75) is 44.2 Å². The molecular weight excluding hydrogens is 508 g/mol. The summed E-state index contributed by atoms with van der Waals surface area (Å²) in [7, 11) is 0. The van der Waals surface area contributed by atoms with Crippen LogP contribution in [-0.2, 0) is 22.6 Å². The summed E-state index contributed by atoms with van der Waals surface area (Å²) < 4.78 is 0.949. The summed E-state index contributed by atoms with van der Waals surface area (Å²) in [6.07, 6.45) is 0.828. The molecule has 2 amide bonds. The quantitative estimate of drug-likeness (QED) is 0.304. The molecule has 0 saturated heterocycles. The lowest BCUT2D eigenvalue weighted by Gasteiger charge is -2.31. The van der Waals surface area contributed by atoms with Gasteiger partial charge in [-0.05, 0) is 49.2 Å². The fraction of sp³-hybridized carbons (Fsp3) is 0.286. The van der Waals surface area contributed by atoms with Crippen LogP contribution in [0.1, 0.15) is 30.0 Å². The van der Waals surface area contributed by atoms with E-state index in [0.29, 0.717) is 31.7 Å². The summed E-state index contributed by atoms with van der Waals surface area (Å²) in [5.41, 5.74) is 3.22. The summed E-state index contributed by atoms with van der Waals surface area (Å²) >= 11 is 5.18. The van der Waals surface area contributed by atoms with Crippen molar-refractivity contribution in [3.8, 4) is 0 Å². The van der Waals surface area contributed by atoms with Crippen molar-refractivity contribution in [1.29, 1.82) is 0 Å². The van der Waals surface area contributed by atoms with Crippen molar-refractivity contribution < 1.29 is 9.59 Å².